The highest BCUT2D eigenvalue weighted by atomic mass is 15.3. The number of rotatable bonds is 1. The molecule has 1 saturated carbocycles. The van der Waals surface area contributed by atoms with Crippen LogP contribution in [0.1, 0.15) is 33.1 Å². The molecule has 1 saturated heterocycles. The Kier molecular flexibility index (Phi) is 3.75. The highest BCUT2D eigenvalue weighted by Crippen LogP contribution is 2.41. The van der Waals surface area contributed by atoms with Crippen LogP contribution in [0.5, 0.6) is 0 Å². The fraction of sp³-hybridized carbons (Fsp3) is 0.929. The van der Waals surface area contributed by atoms with E-state index in [2.05, 4.69) is 36.8 Å². The first kappa shape index (κ1) is 12.9. The van der Waals surface area contributed by atoms with Crippen molar-refractivity contribution >= 4 is 0 Å². The minimum Gasteiger partial charge on any atom is -0.304 e. The number of nitriles is 1. The first-order valence-electron chi connectivity index (χ1n) is 6.93. The Bertz CT molecular complexity index is 301. The molecule has 1 aliphatic heterocycles. The Hall–Kier alpha value is -0.590. The molecule has 17 heavy (non-hydrogen) atoms. The Balaban J connectivity index is 2.15. The van der Waals surface area contributed by atoms with Crippen molar-refractivity contribution in [2.75, 3.05) is 33.2 Å². The van der Waals surface area contributed by atoms with Crippen LogP contribution in [0.2, 0.25) is 0 Å². The molecule has 3 unspecified atom stereocenters. The van der Waals surface area contributed by atoms with E-state index in [1.54, 1.807) is 0 Å². The SMILES string of the molecule is CC1CCC(C)C(C#N)(N2CCN(C)CC2)C1. The van der Waals surface area contributed by atoms with Crippen LogP contribution in [0.4, 0.5) is 0 Å². The van der Waals surface area contributed by atoms with E-state index in [4.69, 9.17) is 0 Å². The van der Waals surface area contributed by atoms with Crippen LogP contribution < -0.4 is 0 Å². The summed E-state index contributed by atoms with van der Waals surface area (Å²) in [6, 6.07) is 2.69. The Labute approximate surface area is 105 Å². The molecule has 3 heteroatoms. The smallest absolute Gasteiger partial charge is 0.112 e. The summed E-state index contributed by atoms with van der Waals surface area (Å²) >= 11 is 0. The van der Waals surface area contributed by atoms with Gasteiger partial charge >= 0.3 is 0 Å². The maximum absolute atomic E-state index is 9.74. The predicted octanol–water partition coefficient (Wildman–Crippen LogP) is 1.95. The van der Waals surface area contributed by atoms with Gasteiger partial charge in [-0.1, -0.05) is 20.3 Å². The predicted molar refractivity (Wildman–Crippen MR) is 69.6 cm³/mol. The van der Waals surface area contributed by atoms with Gasteiger partial charge < -0.3 is 4.90 Å². The molecule has 2 fully saturated rings. The molecule has 0 aromatic heterocycles. The molecule has 0 amide bonds. The van der Waals surface area contributed by atoms with Gasteiger partial charge in [-0.3, -0.25) is 4.90 Å². The molecule has 96 valence electrons. The van der Waals surface area contributed by atoms with E-state index in [0.29, 0.717) is 11.8 Å². The van der Waals surface area contributed by atoms with Crippen LogP contribution in [-0.2, 0) is 0 Å². The van der Waals surface area contributed by atoms with Gasteiger partial charge in [0.1, 0.15) is 5.54 Å². The van der Waals surface area contributed by atoms with E-state index in [1.807, 2.05) is 0 Å². The molecule has 0 radical (unpaired) electrons. The average Bonchev–Trinajstić information content (AvgIpc) is 2.33. The quantitative estimate of drug-likeness (QED) is 0.696. The van der Waals surface area contributed by atoms with Gasteiger partial charge in [0, 0.05) is 26.2 Å². The van der Waals surface area contributed by atoms with Gasteiger partial charge in [-0.15, -0.1) is 0 Å². The molecule has 0 bridgehead atoms. The Morgan fingerprint density at radius 1 is 1.12 bits per heavy atom. The van der Waals surface area contributed by atoms with E-state index in [-0.39, 0.29) is 5.54 Å². The zero-order chi connectivity index (χ0) is 12.5. The second-order valence-corrected chi connectivity index (χ2v) is 6.11. The van der Waals surface area contributed by atoms with Crippen LogP contribution in [-0.4, -0.2) is 48.6 Å². The van der Waals surface area contributed by atoms with Gasteiger partial charge in [-0.2, -0.15) is 5.26 Å². The van der Waals surface area contributed by atoms with Crippen molar-refractivity contribution in [3.8, 4) is 6.07 Å². The van der Waals surface area contributed by atoms with Gasteiger partial charge in [0.15, 0.2) is 0 Å². The lowest BCUT2D eigenvalue weighted by Crippen LogP contribution is -2.60. The molecule has 0 aromatic rings. The summed E-state index contributed by atoms with van der Waals surface area (Å²) in [6.45, 7) is 8.89. The molecule has 0 spiro atoms. The van der Waals surface area contributed by atoms with E-state index >= 15 is 0 Å². The summed E-state index contributed by atoms with van der Waals surface area (Å²) < 4.78 is 0. The van der Waals surface area contributed by atoms with Gasteiger partial charge in [0.2, 0.25) is 0 Å². The number of nitrogens with zero attached hydrogens (tertiary/aromatic N) is 3. The number of piperazine rings is 1. The van der Waals surface area contributed by atoms with E-state index in [1.165, 1.54) is 12.8 Å². The third kappa shape index (κ3) is 2.34. The van der Waals surface area contributed by atoms with E-state index in [0.717, 1.165) is 32.6 Å². The molecular formula is C14H25N3. The molecular weight excluding hydrogens is 210 g/mol. The minimum absolute atomic E-state index is 0.182. The zero-order valence-electron chi connectivity index (χ0n) is 11.4. The summed E-state index contributed by atoms with van der Waals surface area (Å²) in [7, 11) is 2.17. The van der Waals surface area contributed by atoms with Crippen LogP contribution in [0.15, 0.2) is 0 Å². The van der Waals surface area contributed by atoms with Crippen molar-refractivity contribution in [1.29, 1.82) is 5.26 Å². The summed E-state index contributed by atoms with van der Waals surface area (Å²) in [6.07, 6.45) is 3.56. The summed E-state index contributed by atoms with van der Waals surface area (Å²) in [5.41, 5.74) is -0.182. The van der Waals surface area contributed by atoms with Crippen molar-refractivity contribution in [3.63, 3.8) is 0 Å². The fourth-order valence-corrected chi connectivity index (χ4v) is 3.48. The normalized spacial score (nSPS) is 41.1. The zero-order valence-corrected chi connectivity index (χ0v) is 11.4. The van der Waals surface area contributed by atoms with Crippen molar-refractivity contribution < 1.29 is 0 Å². The molecule has 1 heterocycles. The van der Waals surface area contributed by atoms with Crippen molar-refractivity contribution in [1.82, 2.24) is 9.80 Å². The standard InChI is InChI=1S/C14H25N3/c1-12-4-5-13(2)14(10-12,11-15)17-8-6-16(3)7-9-17/h12-13H,4-10H2,1-3H3. The molecule has 2 aliphatic rings. The van der Waals surface area contributed by atoms with Gasteiger partial charge in [0.25, 0.3) is 0 Å². The van der Waals surface area contributed by atoms with Crippen molar-refractivity contribution in [2.24, 2.45) is 11.8 Å². The first-order chi connectivity index (χ1) is 8.08. The molecule has 2 rings (SSSR count). The van der Waals surface area contributed by atoms with Crippen LogP contribution >= 0.6 is 0 Å². The monoisotopic (exact) mass is 235 g/mol. The van der Waals surface area contributed by atoms with Crippen LogP contribution in [0.3, 0.4) is 0 Å². The summed E-state index contributed by atoms with van der Waals surface area (Å²) in [4.78, 5) is 4.83. The van der Waals surface area contributed by atoms with E-state index < -0.39 is 0 Å². The lowest BCUT2D eigenvalue weighted by atomic mass is 9.69. The molecule has 0 N–H and O–H groups in total. The summed E-state index contributed by atoms with van der Waals surface area (Å²) in [5.74, 6) is 1.22. The maximum Gasteiger partial charge on any atom is 0.112 e. The molecule has 3 atom stereocenters. The maximum atomic E-state index is 9.74. The topological polar surface area (TPSA) is 30.3 Å². The van der Waals surface area contributed by atoms with Crippen molar-refractivity contribution in [3.05, 3.63) is 0 Å². The second kappa shape index (κ2) is 4.96. The number of likely N-dealkylation sites (N-methyl/N-ethyl adjacent to an activating group) is 1. The lowest BCUT2D eigenvalue weighted by molar-refractivity contribution is 0.00394. The molecule has 3 nitrogen and oxygen atoms in total. The molecule has 1 aliphatic carbocycles. The largest absolute Gasteiger partial charge is 0.304 e. The van der Waals surface area contributed by atoms with Crippen LogP contribution in [0, 0.1) is 23.2 Å². The van der Waals surface area contributed by atoms with Gasteiger partial charge in [-0.05, 0) is 31.7 Å². The Morgan fingerprint density at radius 3 is 2.35 bits per heavy atom. The van der Waals surface area contributed by atoms with Crippen molar-refractivity contribution in [2.45, 2.75) is 38.6 Å². The lowest BCUT2D eigenvalue weighted by Gasteiger charge is -2.49. The Morgan fingerprint density at radius 2 is 1.76 bits per heavy atom. The number of hydrogen-bond donors (Lipinski definition) is 0. The van der Waals surface area contributed by atoms with Gasteiger partial charge in [-0.25, -0.2) is 0 Å². The number of hydrogen-bond acceptors (Lipinski definition) is 3. The molecule has 0 aromatic carbocycles. The average molecular weight is 235 g/mol. The highest BCUT2D eigenvalue weighted by molar-refractivity contribution is 5.14. The fourth-order valence-electron chi connectivity index (χ4n) is 3.48. The first-order valence-corrected chi connectivity index (χ1v) is 6.93. The third-order valence-electron chi connectivity index (χ3n) is 4.83. The second-order valence-electron chi connectivity index (χ2n) is 6.11. The minimum atomic E-state index is -0.182. The van der Waals surface area contributed by atoms with Gasteiger partial charge in [0.05, 0.1) is 6.07 Å². The highest BCUT2D eigenvalue weighted by Gasteiger charge is 2.46. The summed E-state index contributed by atoms with van der Waals surface area (Å²) in [5, 5.41) is 9.74. The van der Waals surface area contributed by atoms with E-state index in [9.17, 15) is 5.26 Å². The van der Waals surface area contributed by atoms with Crippen LogP contribution in [0.25, 0.3) is 0 Å². The third-order valence-corrected chi connectivity index (χ3v) is 4.83.